The normalized spacial score (nSPS) is 14.7. The van der Waals surface area contributed by atoms with E-state index in [9.17, 15) is 0 Å². The number of guanidine groups is 1. The van der Waals surface area contributed by atoms with Crippen LogP contribution in [0.25, 0.3) is 0 Å². The Bertz CT molecular complexity index is 419. The molecule has 2 rings (SSSR count). The fourth-order valence-corrected chi connectivity index (χ4v) is 1.96. The topological polar surface area (TPSA) is 36.4 Å². The van der Waals surface area contributed by atoms with Crippen LogP contribution in [0.3, 0.4) is 0 Å². The number of hydrogen-bond donors (Lipinski definition) is 2. The SMILES string of the molecule is CCNC(=NCCc1ccccc1Cl)NC1CC1.I. The van der Waals surface area contributed by atoms with Gasteiger partial charge in [0.25, 0.3) is 0 Å². The molecule has 3 nitrogen and oxygen atoms in total. The average Bonchev–Trinajstić information content (AvgIpc) is 3.16. The van der Waals surface area contributed by atoms with Crippen molar-refractivity contribution in [3.8, 4) is 0 Å². The molecule has 19 heavy (non-hydrogen) atoms. The Hall–Kier alpha value is -0.490. The summed E-state index contributed by atoms with van der Waals surface area (Å²) in [5, 5.41) is 7.49. The molecule has 2 N–H and O–H groups in total. The summed E-state index contributed by atoms with van der Waals surface area (Å²) in [6, 6.07) is 8.57. The van der Waals surface area contributed by atoms with Crippen LogP contribution in [0.2, 0.25) is 5.02 Å². The number of halogens is 2. The van der Waals surface area contributed by atoms with E-state index in [-0.39, 0.29) is 24.0 Å². The summed E-state index contributed by atoms with van der Waals surface area (Å²) < 4.78 is 0. The van der Waals surface area contributed by atoms with E-state index in [0.717, 1.165) is 36.1 Å². The maximum atomic E-state index is 6.12. The van der Waals surface area contributed by atoms with Crippen LogP contribution < -0.4 is 10.6 Å². The first-order chi connectivity index (χ1) is 8.79. The summed E-state index contributed by atoms with van der Waals surface area (Å²) in [4.78, 5) is 4.57. The first-order valence-corrected chi connectivity index (χ1v) is 6.95. The van der Waals surface area contributed by atoms with Crippen molar-refractivity contribution >= 4 is 41.5 Å². The molecular formula is C14H21ClIN3. The maximum Gasteiger partial charge on any atom is 0.191 e. The third-order valence-corrected chi connectivity index (χ3v) is 3.24. The number of nitrogens with one attached hydrogen (secondary N) is 2. The van der Waals surface area contributed by atoms with Gasteiger partial charge in [0.1, 0.15) is 0 Å². The molecule has 1 aromatic rings. The highest BCUT2D eigenvalue weighted by Crippen LogP contribution is 2.18. The summed E-state index contributed by atoms with van der Waals surface area (Å²) in [5.41, 5.74) is 1.16. The van der Waals surface area contributed by atoms with E-state index in [1.807, 2.05) is 18.2 Å². The zero-order valence-corrected chi connectivity index (χ0v) is 14.2. The lowest BCUT2D eigenvalue weighted by molar-refractivity contribution is 0.808. The van der Waals surface area contributed by atoms with Crippen LogP contribution in [0.4, 0.5) is 0 Å². The second-order valence-electron chi connectivity index (χ2n) is 4.52. The minimum Gasteiger partial charge on any atom is -0.357 e. The van der Waals surface area contributed by atoms with Gasteiger partial charge in [-0.25, -0.2) is 0 Å². The van der Waals surface area contributed by atoms with Gasteiger partial charge in [0.05, 0.1) is 0 Å². The van der Waals surface area contributed by atoms with Crippen LogP contribution in [-0.2, 0) is 6.42 Å². The molecule has 0 spiro atoms. The van der Waals surface area contributed by atoms with Gasteiger partial charge in [-0.05, 0) is 37.8 Å². The lowest BCUT2D eigenvalue weighted by Gasteiger charge is -2.10. The standard InChI is InChI=1S/C14H20ClN3.HI/c1-2-16-14(18-12-7-8-12)17-10-9-11-5-3-4-6-13(11)15;/h3-6,12H,2,7-10H2,1H3,(H2,16,17,18);1H. The predicted molar refractivity (Wildman–Crippen MR) is 92.7 cm³/mol. The van der Waals surface area contributed by atoms with E-state index in [4.69, 9.17) is 11.6 Å². The maximum absolute atomic E-state index is 6.12. The molecule has 5 heteroatoms. The van der Waals surface area contributed by atoms with Crippen molar-refractivity contribution in [1.82, 2.24) is 10.6 Å². The van der Waals surface area contributed by atoms with Gasteiger partial charge in [-0.2, -0.15) is 0 Å². The third-order valence-electron chi connectivity index (χ3n) is 2.87. The van der Waals surface area contributed by atoms with Crippen LogP contribution in [0.15, 0.2) is 29.3 Å². The summed E-state index contributed by atoms with van der Waals surface area (Å²) >= 11 is 6.12. The van der Waals surface area contributed by atoms with Crippen molar-refractivity contribution in [2.75, 3.05) is 13.1 Å². The first-order valence-electron chi connectivity index (χ1n) is 6.58. The largest absolute Gasteiger partial charge is 0.357 e. The number of aliphatic imine (C=N–C) groups is 1. The van der Waals surface area contributed by atoms with E-state index in [1.165, 1.54) is 12.8 Å². The molecule has 0 aliphatic heterocycles. The summed E-state index contributed by atoms with van der Waals surface area (Å²) in [6.45, 7) is 3.73. The summed E-state index contributed by atoms with van der Waals surface area (Å²) in [6.07, 6.45) is 3.39. The van der Waals surface area contributed by atoms with Crippen molar-refractivity contribution in [3.63, 3.8) is 0 Å². The highest BCUT2D eigenvalue weighted by atomic mass is 127. The Kier molecular flexibility index (Phi) is 7.53. The van der Waals surface area contributed by atoms with Crippen molar-refractivity contribution < 1.29 is 0 Å². The Balaban J connectivity index is 0.00000180. The Morgan fingerprint density at radius 2 is 2.11 bits per heavy atom. The molecule has 1 saturated carbocycles. The minimum absolute atomic E-state index is 0. The number of rotatable bonds is 5. The molecule has 106 valence electrons. The van der Waals surface area contributed by atoms with E-state index in [1.54, 1.807) is 0 Å². The molecule has 0 unspecified atom stereocenters. The monoisotopic (exact) mass is 393 g/mol. The molecule has 1 aliphatic rings. The van der Waals surface area contributed by atoms with Gasteiger partial charge >= 0.3 is 0 Å². The van der Waals surface area contributed by atoms with Crippen molar-refractivity contribution in [2.45, 2.75) is 32.2 Å². The van der Waals surface area contributed by atoms with Crippen LogP contribution in [-0.4, -0.2) is 25.1 Å². The quantitative estimate of drug-likeness (QED) is 0.458. The molecule has 0 bridgehead atoms. The molecule has 1 fully saturated rings. The second kappa shape index (κ2) is 8.64. The molecule has 1 aromatic carbocycles. The number of benzene rings is 1. The van der Waals surface area contributed by atoms with Gasteiger partial charge < -0.3 is 10.6 Å². The predicted octanol–water partition coefficient (Wildman–Crippen LogP) is 3.22. The summed E-state index contributed by atoms with van der Waals surface area (Å²) in [5.74, 6) is 0.923. The number of nitrogens with zero attached hydrogens (tertiary/aromatic N) is 1. The number of hydrogen-bond acceptors (Lipinski definition) is 1. The molecule has 0 saturated heterocycles. The smallest absolute Gasteiger partial charge is 0.191 e. The van der Waals surface area contributed by atoms with Gasteiger partial charge in [-0.1, -0.05) is 29.8 Å². The van der Waals surface area contributed by atoms with Gasteiger partial charge in [0, 0.05) is 24.2 Å². The van der Waals surface area contributed by atoms with E-state index in [0.29, 0.717) is 6.04 Å². The van der Waals surface area contributed by atoms with Crippen LogP contribution in [0, 0.1) is 0 Å². The molecule has 0 radical (unpaired) electrons. The van der Waals surface area contributed by atoms with Crippen molar-refractivity contribution in [1.29, 1.82) is 0 Å². The van der Waals surface area contributed by atoms with E-state index < -0.39 is 0 Å². The highest BCUT2D eigenvalue weighted by Gasteiger charge is 2.21. The molecule has 0 aromatic heterocycles. The van der Waals surface area contributed by atoms with Crippen molar-refractivity contribution in [3.05, 3.63) is 34.9 Å². The Labute approximate surface area is 137 Å². The zero-order valence-electron chi connectivity index (χ0n) is 11.2. The van der Waals surface area contributed by atoms with Gasteiger partial charge in [-0.3, -0.25) is 4.99 Å². The van der Waals surface area contributed by atoms with E-state index in [2.05, 4.69) is 28.6 Å². The molecule has 0 atom stereocenters. The first kappa shape index (κ1) is 16.6. The van der Waals surface area contributed by atoms with Crippen LogP contribution in [0.1, 0.15) is 25.3 Å². The molecule has 0 amide bonds. The third kappa shape index (κ3) is 5.99. The minimum atomic E-state index is 0. The second-order valence-corrected chi connectivity index (χ2v) is 4.93. The molecule has 1 aliphatic carbocycles. The van der Waals surface area contributed by atoms with Crippen molar-refractivity contribution in [2.24, 2.45) is 4.99 Å². The Morgan fingerprint density at radius 1 is 1.37 bits per heavy atom. The lowest BCUT2D eigenvalue weighted by Crippen LogP contribution is -2.38. The fourth-order valence-electron chi connectivity index (χ4n) is 1.73. The van der Waals surface area contributed by atoms with Gasteiger partial charge in [-0.15, -0.1) is 24.0 Å². The van der Waals surface area contributed by atoms with Crippen LogP contribution >= 0.6 is 35.6 Å². The average molecular weight is 394 g/mol. The Morgan fingerprint density at radius 3 is 2.74 bits per heavy atom. The van der Waals surface area contributed by atoms with Crippen LogP contribution in [0.5, 0.6) is 0 Å². The van der Waals surface area contributed by atoms with E-state index >= 15 is 0 Å². The highest BCUT2D eigenvalue weighted by molar-refractivity contribution is 14.0. The van der Waals surface area contributed by atoms with Gasteiger partial charge in [0.2, 0.25) is 0 Å². The lowest BCUT2D eigenvalue weighted by atomic mass is 10.1. The molecular weight excluding hydrogens is 373 g/mol. The summed E-state index contributed by atoms with van der Waals surface area (Å²) in [7, 11) is 0. The van der Waals surface area contributed by atoms with Gasteiger partial charge in [0.15, 0.2) is 5.96 Å². The zero-order chi connectivity index (χ0) is 12.8. The fraction of sp³-hybridized carbons (Fsp3) is 0.500. The molecule has 0 heterocycles.